The minimum Gasteiger partial charge on any atom is -0.409 e. The Morgan fingerprint density at radius 2 is 2.05 bits per heavy atom. The summed E-state index contributed by atoms with van der Waals surface area (Å²) in [7, 11) is 0. The van der Waals surface area contributed by atoms with Gasteiger partial charge in [-0.1, -0.05) is 44.1 Å². The lowest BCUT2D eigenvalue weighted by molar-refractivity contribution is 0.305. The van der Waals surface area contributed by atoms with Crippen molar-refractivity contribution >= 4 is 11.5 Å². The zero-order chi connectivity index (χ0) is 14.3. The third-order valence-corrected chi connectivity index (χ3v) is 3.49. The molecule has 0 fully saturated rings. The molecule has 0 aromatic heterocycles. The molecule has 0 amide bonds. The largest absolute Gasteiger partial charge is 0.409 e. The average molecular weight is 263 g/mol. The van der Waals surface area contributed by atoms with Crippen LogP contribution in [-0.2, 0) is 6.42 Å². The molecule has 19 heavy (non-hydrogen) atoms. The highest BCUT2D eigenvalue weighted by molar-refractivity contribution is 5.85. The third-order valence-electron chi connectivity index (χ3n) is 3.49. The maximum Gasteiger partial charge on any atom is 0.144 e. The van der Waals surface area contributed by atoms with Gasteiger partial charge in [-0.3, -0.25) is 0 Å². The van der Waals surface area contributed by atoms with Crippen LogP contribution in [0.2, 0.25) is 0 Å². The predicted molar refractivity (Wildman–Crippen MR) is 80.7 cm³/mol. The second-order valence-electron chi connectivity index (χ2n) is 5.41. The molecule has 106 valence electrons. The van der Waals surface area contributed by atoms with Gasteiger partial charge in [0.1, 0.15) is 5.84 Å². The van der Waals surface area contributed by atoms with Crippen LogP contribution in [0.1, 0.15) is 39.2 Å². The summed E-state index contributed by atoms with van der Waals surface area (Å²) in [5.74, 6) is 0.293. The van der Waals surface area contributed by atoms with Crippen LogP contribution in [-0.4, -0.2) is 17.6 Å². The van der Waals surface area contributed by atoms with Crippen molar-refractivity contribution in [3.8, 4) is 0 Å². The van der Waals surface area contributed by atoms with Gasteiger partial charge >= 0.3 is 0 Å². The standard InChI is InChI=1S/C15H25N3O/c1-4-12-8-5-6-9-13(12)17-11-7-10-15(2,3)14(16)18-19/h5-6,8-9,17,19H,4,7,10-11H2,1-3H3,(H2,16,18). The first-order valence-corrected chi connectivity index (χ1v) is 6.81. The third kappa shape index (κ3) is 4.47. The fourth-order valence-corrected chi connectivity index (χ4v) is 2.02. The van der Waals surface area contributed by atoms with E-state index in [1.165, 1.54) is 11.3 Å². The number of nitrogens with two attached hydrogens (primary N) is 1. The number of benzene rings is 1. The second-order valence-corrected chi connectivity index (χ2v) is 5.41. The maximum absolute atomic E-state index is 8.72. The van der Waals surface area contributed by atoms with E-state index in [1.54, 1.807) is 0 Å². The maximum atomic E-state index is 8.72. The molecule has 0 aliphatic heterocycles. The molecule has 1 rings (SSSR count). The number of para-hydroxylation sites is 1. The lowest BCUT2D eigenvalue weighted by atomic mass is 9.86. The van der Waals surface area contributed by atoms with Crippen molar-refractivity contribution in [1.29, 1.82) is 0 Å². The summed E-state index contributed by atoms with van der Waals surface area (Å²) in [5.41, 5.74) is 7.94. The van der Waals surface area contributed by atoms with E-state index in [0.29, 0.717) is 5.84 Å². The van der Waals surface area contributed by atoms with E-state index in [-0.39, 0.29) is 5.41 Å². The number of nitrogens with one attached hydrogen (secondary N) is 1. The van der Waals surface area contributed by atoms with Gasteiger partial charge in [0.15, 0.2) is 0 Å². The molecule has 0 aliphatic rings. The van der Waals surface area contributed by atoms with E-state index < -0.39 is 0 Å². The minimum absolute atomic E-state index is 0.263. The summed E-state index contributed by atoms with van der Waals surface area (Å²) in [4.78, 5) is 0. The topological polar surface area (TPSA) is 70.6 Å². The van der Waals surface area contributed by atoms with Crippen LogP contribution >= 0.6 is 0 Å². The van der Waals surface area contributed by atoms with Crippen LogP contribution in [0.15, 0.2) is 29.4 Å². The highest BCUT2D eigenvalue weighted by Crippen LogP contribution is 2.23. The van der Waals surface area contributed by atoms with Gasteiger partial charge < -0.3 is 16.3 Å². The summed E-state index contributed by atoms with van der Waals surface area (Å²) in [6, 6.07) is 8.35. The number of nitrogens with zero attached hydrogens (tertiary/aromatic N) is 1. The van der Waals surface area contributed by atoms with Crippen molar-refractivity contribution in [3.63, 3.8) is 0 Å². The Bertz CT molecular complexity index is 427. The lowest BCUT2D eigenvalue weighted by Crippen LogP contribution is -2.32. The molecule has 0 atom stereocenters. The number of hydrogen-bond donors (Lipinski definition) is 3. The van der Waals surface area contributed by atoms with Gasteiger partial charge in [0.25, 0.3) is 0 Å². The zero-order valence-corrected chi connectivity index (χ0v) is 12.1. The number of hydrogen-bond acceptors (Lipinski definition) is 3. The molecule has 0 aliphatic carbocycles. The zero-order valence-electron chi connectivity index (χ0n) is 12.1. The van der Waals surface area contributed by atoms with Crippen molar-refractivity contribution in [1.82, 2.24) is 0 Å². The molecular formula is C15H25N3O. The van der Waals surface area contributed by atoms with Crippen LogP contribution in [0.5, 0.6) is 0 Å². The molecule has 0 radical (unpaired) electrons. The molecule has 1 aromatic rings. The molecule has 4 nitrogen and oxygen atoms in total. The van der Waals surface area contributed by atoms with E-state index in [0.717, 1.165) is 25.8 Å². The molecule has 1 aromatic carbocycles. The van der Waals surface area contributed by atoms with Gasteiger partial charge in [-0.25, -0.2) is 0 Å². The molecular weight excluding hydrogens is 238 g/mol. The highest BCUT2D eigenvalue weighted by Gasteiger charge is 2.22. The SMILES string of the molecule is CCc1ccccc1NCCCC(C)(C)C(N)=NO. The highest BCUT2D eigenvalue weighted by atomic mass is 16.4. The summed E-state index contributed by atoms with van der Waals surface area (Å²) in [6.45, 7) is 7.02. The smallest absolute Gasteiger partial charge is 0.144 e. The van der Waals surface area contributed by atoms with E-state index >= 15 is 0 Å². The number of anilines is 1. The minimum atomic E-state index is -0.263. The summed E-state index contributed by atoms with van der Waals surface area (Å²) in [6.07, 6.45) is 2.88. The Labute approximate surface area is 115 Å². The van der Waals surface area contributed by atoms with Gasteiger partial charge in [0.05, 0.1) is 0 Å². The molecule has 0 bridgehead atoms. The van der Waals surface area contributed by atoms with Crippen LogP contribution in [0.3, 0.4) is 0 Å². The second kappa shape index (κ2) is 7.02. The number of amidine groups is 1. The van der Waals surface area contributed by atoms with Gasteiger partial charge in [0.2, 0.25) is 0 Å². The van der Waals surface area contributed by atoms with Gasteiger partial charge in [-0.15, -0.1) is 0 Å². The van der Waals surface area contributed by atoms with Crippen molar-refractivity contribution in [3.05, 3.63) is 29.8 Å². The first-order chi connectivity index (χ1) is 9.01. The van der Waals surface area contributed by atoms with Crippen LogP contribution < -0.4 is 11.1 Å². The number of rotatable bonds is 7. The first kappa shape index (κ1) is 15.3. The predicted octanol–water partition coefficient (Wildman–Crippen LogP) is 3.21. The fourth-order valence-electron chi connectivity index (χ4n) is 2.02. The van der Waals surface area contributed by atoms with Crippen LogP contribution in [0.4, 0.5) is 5.69 Å². The van der Waals surface area contributed by atoms with Crippen molar-refractivity contribution in [2.45, 2.75) is 40.0 Å². The normalized spacial score (nSPS) is 12.5. The lowest BCUT2D eigenvalue weighted by Gasteiger charge is -2.22. The number of aryl methyl sites for hydroxylation is 1. The van der Waals surface area contributed by atoms with Gasteiger partial charge in [0, 0.05) is 17.6 Å². The monoisotopic (exact) mass is 263 g/mol. The quantitative estimate of drug-likeness (QED) is 0.232. The molecule has 0 spiro atoms. The molecule has 0 saturated carbocycles. The molecule has 0 heterocycles. The van der Waals surface area contributed by atoms with E-state index in [9.17, 15) is 0 Å². The van der Waals surface area contributed by atoms with E-state index in [4.69, 9.17) is 10.9 Å². The van der Waals surface area contributed by atoms with Gasteiger partial charge in [-0.05, 0) is 30.9 Å². The van der Waals surface area contributed by atoms with Crippen LogP contribution in [0, 0.1) is 5.41 Å². The number of oxime groups is 1. The van der Waals surface area contributed by atoms with Gasteiger partial charge in [-0.2, -0.15) is 0 Å². The Kier molecular flexibility index (Phi) is 5.67. The Morgan fingerprint density at radius 1 is 1.37 bits per heavy atom. The summed E-state index contributed by atoms with van der Waals surface area (Å²) in [5, 5.41) is 15.3. The van der Waals surface area contributed by atoms with Crippen molar-refractivity contribution < 1.29 is 5.21 Å². The molecule has 4 N–H and O–H groups in total. The van der Waals surface area contributed by atoms with Crippen LogP contribution in [0.25, 0.3) is 0 Å². The van der Waals surface area contributed by atoms with E-state index in [1.807, 2.05) is 19.9 Å². The average Bonchev–Trinajstić information content (AvgIpc) is 2.43. The summed E-state index contributed by atoms with van der Waals surface area (Å²) >= 11 is 0. The van der Waals surface area contributed by atoms with E-state index in [2.05, 4.69) is 35.6 Å². The molecule has 0 saturated heterocycles. The first-order valence-electron chi connectivity index (χ1n) is 6.81. The Hall–Kier alpha value is -1.71. The molecule has 0 unspecified atom stereocenters. The Morgan fingerprint density at radius 3 is 2.68 bits per heavy atom. The van der Waals surface area contributed by atoms with Crippen molar-refractivity contribution in [2.75, 3.05) is 11.9 Å². The molecule has 4 heteroatoms. The Balaban J connectivity index is 2.43. The fraction of sp³-hybridized carbons (Fsp3) is 0.533. The van der Waals surface area contributed by atoms with Crippen molar-refractivity contribution in [2.24, 2.45) is 16.3 Å². The summed E-state index contributed by atoms with van der Waals surface area (Å²) < 4.78 is 0.